The summed E-state index contributed by atoms with van der Waals surface area (Å²) in [6, 6.07) is 20.8. The number of rotatable bonds is 7. The molecule has 1 saturated carbocycles. The van der Waals surface area contributed by atoms with E-state index in [1.807, 2.05) is 44.3 Å². The van der Waals surface area contributed by atoms with E-state index >= 15 is 0 Å². The van der Waals surface area contributed by atoms with Crippen LogP contribution in [-0.2, 0) is 12.5 Å². The number of fused-ring (bicyclic) bond motifs is 2. The molecular formula is C28H29ClN6S. The van der Waals surface area contributed by atoms with E-state index in [0.29, 0.717) is 5.41 Å². The highest BCUT2D eigenvalue weighted by Crippen LogP contribution is 2.58. The molecule has 0 spiro atoms. The van der Waals surface area contributed by atoms with E-state index < -0.39 is 0 Å². The Morgan fingerprint density at radius 2 is 1.94 bits per heavy atom. The Hall–Kier alpha value is -2.92. The van der Waals surface area contributed by atoms with Gasteiger partial charge in [-0.1, -0.05) is 42.1 Å². The van der Waals surface area contributed by atoms with Gasteiger partial charge in [-0.15, -0.1) is 22.6 Å². The summed E-state index contributed by atoms with van der Waals surface area (Å²) in [6.45, 7) is 5.45. The summed E-state index contributed by atoms with van der Waals surface area (Å²) in [4.78, 5) is 7.27. The Morgan fingerprint density at radius 3 is 2.75 bits per heavy atom. The molecule has 2 aromatic carbocycles. The summed E-state index contributed by atoms with van der Waals surface area (Å²) in [5, 5.41) is 20.1. The first-order chi connectivity index (χ1) is 17.1. The van der Waals surface area contributed by atoms with Gasteiger partial charge >= 0.3 is 0 Å². The number of likely N-dealkylation sites (tertiary alicyclic amines) is 1. The molecule has 1 aliphatic carbocycles. The molecule has 2 aromatic heterocycles. The average molecular weight is 517 g/mol. The van der Waals surface area contributed by atoms with E-state index in [9.17, 15) is 0 Å². The number of aryl methyl sites for hydroxylation is 1. The van der Waals surface area contributed by atoms with Crippen molar-refractivity contribution in [3.05, 3.63) is 71.4 Å². The van der Waals surface area contributed by atoms with Crippen LogP contribution in [0.1, 0.15) is 29.7 Å². The van der Waals surface area contributed by atoms with Crippen LogP contribution in [-0.4, -0.2) is 50.0 Å². The van der Waals surface area contributed by atoms with Crippen LogP contribution in [0.3, 0.4) is 0 Å². The smallest absolute Gasteiger partial charge is 0.191 e. The number of nitrogens with zero attached hydrogens (tertiary/aromatic N) is 6. The standard InChI is InChI=1S/C28H28N6S.ClH/c1-19-7-12-23-24(5-3-6-25(23)30-19)26-31-32-27(33(26)2)35-14-4-13-34-17-22-15-28(22,18-34)21-10-8-20(16-29)9-11-21;/h3,5-12,22H,4,13-15,17-18H2,1-2H3;1H. The molecule has 2 aliphatic rings. The fraction of sp³-hybridized carbons (Fsp3) is 0.357. The van der Waals surface area contributed by atoms with Crippen molar-refractivity contribution in [1.82, 2.24) is 24.6 Å². The molecule has 1 saturated heterocycles. The second-order valence-corrected chi connectivity index (χ2v) is 10.9. The van der Waals surface area contributed by atoms with Gasteiger partial charge < -0.3 is 9.47 Å². The van der Waals surface area contributed by atoms with Crippen molar-refractivity contribution in [2.45, 2.75) is 30.3 Å². The zero-order chi connectivity index (χ0) is 24.0. The van der Waals surface area contributed by atoms with E-state index in [1.165, 1.54) is 18.5 Å². The van der Waals surface area contributed by atoms with Crippen LogP contribution in [0, 0.1) is 24.2 Å². The lowest BCUT2D eigenvalue weighted by atomic mass is 9.94. The molecule has 2 unspecified atom stereocenters. The second-order valence-electron chi connectivity index (χ2n) is 9.87. The molecule has 6 rings (SSSR count). The number of aromatic nitrogens is 4. The number of piperidine rings is 1. The van der Waals surface area contributed by atoms with Crippen LogP contribution >= 0.6 is 24.2 Å². The predicted molar refractivity (Wildman–Crippen MR) is 146 cm³/mol. The average Bonchev–Trinajstić information content (AvgIpc) is 3.25. The number of halogens is 1. The van der Waals surface area contributed by atoms with E-state index in [4.69, 9.17) is 5.26 Å². The van der Waals surface area contributed by atoms with Crippen molar-refractivity contribution in [1.29, 1.82) is 5.26 Å². The Labute approximate surface area is 222 Å². The Kier molecular flexibility index (Phi) is 6.78. The maximum absolute atomic E-state index is 9.07. The zero-order valence-corrected chi connectivity index (χ0v) is 22.1. The number of hydrogen-bond donors (Lipinski definition) is 0. The first-order valence-electron chi connectivity index (χ1n) is 12.2. The maximum Gasteiger partial charge on any atom is 0.191 e. The summed E-state index contributed by atoms with van der Waals surface area (Å²) >= 11 is 1.78. The molecule has 3 heterocycles. The fourth-order valence-corrected chi connectivity index (χ4v) is 6.49. The van der Waals surface area contributed by atoms with Crippen molar-refractivity contribution in [2.75, 3.05) is 25.4 Å². The first-order valence-corrected chi connectivity index (χ1v) is 13.2. The topological polar surface area (TPSA) is 70.6 Å². The lowest BCUT2D eigenvalue weighted by Gasteiger charge is -2.21. The number of pyridine rings is 1. The molecule has 0 radical (unpaired) electrons. The Bertz CT molecular complexity index is 1440. The third kappa shape index (κ3) is 4.39. The minimum Gasteiger partial charge on any atom is -0.305 e. The number of hydrogen-bond acceptors (Lipinski definition) is 6. The fourth-order valence-electron chi connectivity index (χ4n) is 5.66. The Morgan fingerprint density at radius 1 is 1.11 bits per heavy atom. The van der Waals surface area contributed by atoms with E-state index in [2.05, 4.69) is 55.0 Å². The highest BCUT2D eigenvalue weighted by atomic mass is 35.5. The van der Waals surface area contributed by atoms with E-state index in [1.54, 1.807) is 11.8 Å². The molecule has 4 aromatic rings. The van der Waals surface area contributed by atoms with Crippen LogP contribution in [0.25, 0.3) is 22.3 Å². The normalized spacial score (nSPS) is 20.6. The molecule has 0 N–H and O–H groups in total. The minimum atomic E-state index is 0. The molecule has 36 heavy (non-hydrogen) atoms. The molecule has 1 aliphatic heterocycles. The summed E-state index contributed by atoms with van der Waals surface area (Å²) in [7, 11) is 2.05. The monoisotopic (exact) mass is 516 g/mol. The third-order valence-corrected chi connectivity index (χ3v) is 8.71. The van der Waals surface area contributed by atoms with E-state index in [0.717, 1.165) is 69.9 Å². The Balaban J connectivity index is 0.00000267. The molecule has 184 valence electrons. The van der Waals surface area contributed by atoms with Crippen molar-refractivity contribution in [3.8, 4) is 17.5 Å². The van der Waals surface area contributed by atoms with Gasteiger partial charge in [-0.05, 0) is 62.1 Å². The third-order valence-electron chi connectivity index (χ3n) is 7.60. The molecule has 2 fully saturated rings. The lowest BCUT2D eigenvalue weighted by Crippen LogP contribution is -2.27. The summed E-state index contributed by atoms with van der Waals surface area (Å²) in [5.41, 5.74) is 5.55. The van der Waals surface area contributed by atoms with Crippen molar-refractivity contribution in [2.24, 2.45) is 13.0 Å². The predicted octanol–water partition coefficient (Wildman–Crippen LogP) is 5.39. The number of nitriles is 1. The molecular weight excluding hydrogens is 488 g/mol. The van der Waals surface area contributed by atoms with Crippen LogP contribution in [0.4, 0.5) is 0 Å². The SMILES string of the molecule is Cc1ccc2c(-c3nnc(SCCCN4CC5CC5(c5ccc(C#N)cc5)C4)n3C)cccc2n1.Cl. The van der Waals surface area contributed by atoms with Gasteiger partial charge in [0.25, 0.3) is 0 Å². The number of benzene rings is 2. The number of thioether (sulfide) groups is 1. The molecule has 8 heteroatoms. The second kappa shape index (κ2) is 9.85. The zero-order valence-electron chi connectivity index (χ0n) is 20.5. The lowest BCUT2D eigenvalue weighted by molar-refractivity contribution is 0.299. The highest BCUT2D eigenvalue weighted by Gasteiger charge is 2.60. The van der Waals surface area contributed by atoms with Crippen molar-refractivity contribution < 1.29 is 0 Å². The van der Waals surface area contributed by atoms with Crippen LogP contribution in [0.5, 0.6) is 0 Å². The van der Waals surface area contributed by atoms with Crippen LogP contribution < -0.4 is 0 Å². The first kappa shape index (κ1) is 24.8. The van der Waals surface area contributed by atoms with Gasteiger partial charge in [-0.25, -0.2) is 0 Å². The van der Waals surface area contributed by atoms with Gasteiger partial charge in [0, 0.05) is 47.9 Å². The van der Waals surface area contributed by atoms with Crippen molar-refractivity contribution in [3.63, 3.8) is 0 Å². The summed E-state index contributed by atoms with van der Waals surface area (Å²) in [5.74, 6) is 2.67. The van der Waals surface area contributed by atoms with Gasteiger partial charge in [-0.2, -0.15) is 5.26 Å². The van der Waals surface area contributed by atoms with Crippen LogP contribution in [0.2, 0.25) is 0 Å². The highest BCUT2D eigenvalue weighted by molar-refractivity contribution is 7.99. The van der Waals surface area contributed by atoms with Gasteiger partial charge in [0.1, 0.15) is 0 Å². The van der Waals surface area contributed by atoms with Gasteiger partial charge in [0.2, 0.25) is 0 Å². The van der Waals surface area contributed by atoms with Crippen LogP contribution in [0.15, 0.2) is 59.8 Å². The quantitative estimate of drug-likeness (QED) is 0.242. The minimum absolute atomic E-state index is 0. The molecule has 0 bridgehead atoms. The molecule has 2 atom stereocenters. The largest absolute Gasteiger partial charge is 0.305 e. The molecule has 0 amide bonds. The van der Waals surface area contributed by atoms with Gasteiger partial charge in [0.05, 0.1) is 17.1 Å². The molecule has 6 nitrogen and oxygen atoms in total. The van der Waals surface area contributed by atoms with Gasteiger partial charge in [-0.3, -0.25) is 4.98 Å². The van der Waals surface area contributed by atoms with Gasteiger partial charge in [0.15, 0.2) is 11.0 Å². The van der Waals surface area contributed by atoms with Crippen molar-refractivity contribution >= 4 is 35.1 Å². The maximum atomic E-state index is 9.07. The van der Waals surface area contributed by atoms with E-state index in [-0.39, 0.29) is 12.4 Å². The summed E-state index contributed by atoms with van der Waals surface area (Å²) in [6.07, 6.45) is 2.41. The summed E-state index contributed by atoms with van der Waals surface area (Å²) < 4.78 is 2.10.